The number of aromatic nitrogens is 1. The van der Waals surface area contributed by atoms with Crippen molar-refractivity contribution in [2.24, 2.45) is 0 Å². The van der Waals surface area contributed by atoms with Crippen molar-refractivity contribution < 1.29 is 19.0 Å². The zero-order valence-electron chi connectivity index (χ0n) is 19.1. The first-order chi connectivity index (χ1) is 16.5. The lowest BCUT2D eigenvalue weighted by Gasteiger charge is -2.28. The van der Waals surface area contributed by atoms with Crippen molar-refractivity contribution in [3.8, 4) is 5.75 Å². The van der Waals surface area contributed by atoms with Crippen molar-refractivity contribution in [3.05, 3.63) is 70.0 Å². The molecule has 1 aliphatic heterocycles. The minimum absolute atomic E-state index is 0.00947. The summed E-state index contributed by atoms with van der Waals surface area (Å²) in [6.07, 6.45) is 1.92. The van der Waals surface area contributed by atoms with E-state index in [2.05, 4.69) is 10.3 Å². The van der Waals surface area contributed by atoms with Crippen molar-refractivity contribution in [1.29, 1.82) is 0 Å². The van der Waals surface area contributed by atoms with E-state index in [0.717, 1.165) is 23.7 Å². The first kappa shape index (κ1) is 23.7. The van der Waals surface area contributed by atoms with E-state index in [1.807, 2.05) is 29.2 Å². The van der Waals surface area contributed by atoms with E-state index < -0.39 is 5.97 Å². The van der Waals surface area contributed by atoms with Gasteiger partial charge in [-0.05, 0) is 61.5 Å². The van der Waals surface area contributed by atoms with E-state index in [1.165, 1.54) is 7.11 Å². The van der Waals surface area contributed by atoms with Crippen LogP contribution in [0.1, 0.15) is 28.8 Å². The Labute approximate surface area is 202 Å². The number of aromatic amines is 1. The molecule has 2 N–H and O–H groups in total. The summed E-state index contributed by atoms with van der Waals surface area (Å²) in [7, 11) is 2.94. The summed E-state index contributed by atoms with van der Waals surface area (Å²) in [5.74, 6) is 0.245. The number of methoxy groups -OCH3 is 2. The van der Waals surface area contributed by atoms with E-state index in [-0.39, 0.29) is 18.2 Å². The molecule has 34 heavy (non-hydrogen) atoms. The molecule has 0 radical (unpaired) electrons. The Morgan fingerprint density at radius 3 is 2.79 bits per heavy atom. The number of benzene rings is 2. The SMILES string of the molecule is COC(=O)c1ccccc1NC(=S)N(Cc1cc2cc(OC)ccc2[nH]c1=O)CC1CCCO1. The molecule has 0 aliphatic carbocycles. The van der Waals surface area contributed by atoms with Crippen LogP contribution < -0.4 is 15.6 Å². The Morgan fingerprint density at radius 1 is 1.24 bits per heavy atom. The predicted octanol–water partition coefficient (Wildman–Crippen LogP) is 3.70. The fourth-order valence-corrected chi connectivity index (χ4v) is 4.26. The third-order valence-electron chi connectivity index (χ3n) is 5.80. The number of hydrogen-bond donors (Lipinski definition) is 2. The number of H-pyrrole nitrogens is 1. The smallest absolute Gasteiger partial charge is 0.339 e. The molecule has 0 saturated carbocycles. The molecule has 1 aliphatic rings. The van der Waals surface area contributed by atoms with Crippen LogP contribution in [0.5, 0.6) is 5.75 Å². The normalized spacial score (nSPS) is 15.2. The molecule has 1 saturated heterocycles. The molecule has 8 nitrogen and oxygen atoms in total. The van der Waals surface area contributed by atoms with Gasteiger partial charge in [-0.25, -0.2) is 4.79 Å². The van der Waals surface area contributed by atoms with Gasteiger partial charge in [-0.3, -0.25) is 4.79 Å². The number of ether oxygens (including phenoxy) is 3. The van der Waals surface area contributed by atoms with Crippen LogP contribution in [-0.2, 0) is 16.0 Å². The summed E-state index contributed by atoms with van der Waals surface area (Å²) in [6.45, 7) is 1.50. The highest BCUT2D eigenvalue weighted by Gasteiger charge is 2.23. The average Bonchev–Trinajstić information content (AvgIpc) is 3.36. The molecule has 178 valence electrons. The lowest BCUT2D eigenvalue weighted by Crippen LogP contribution is -2.40. The molecule has 3 aromatic rings. The molecule has 4 rings (SSSR count). The summed E-state index contributed by atoms with van der Waals surface area (Å²) in [5.41, 5.74) is 2.01. The van der Waals surface area contributed by atoms with Gasteiger partial charge >= 0.3 is 5.97 Å². The van der Waals surface area contributed by atoms with Crippen molar-refractivity contribution in [1.82, 2.24) is 9.88 Å². The van der Waals surface area contributed by atoms with Gasteiger partial charge in [0.05, 0.1) is 38.1 Å². The van der Waals surface area contributed by atoms with Crippen molar-refractivity contribution in [2.45, 2.75) is 25.5 Å². The Kier molecular flexibility index (Phi) is 7.44. The van der Waals surface area contributed by atoms with Crippen LogP contribution >= 0.6 is 12.2 Å². The number of carbonyl (C=O) groups excluding carboxylic acids is 1. The Hall–Kier alpha value is -3.43. The highest BCUT2D eigenvalue weighted by molar-refractivity contribution is 7.80. The van der Waals surface area contributed by atoms with Crippen LogP contribution in [0, 0.1) is 0 Å². The molecule has 0 spiro atoms. The fourth-order valence-electron chi connectivity index (χ4n) is 4.01. The maximum Gasteiger partial charge on any atom is 0.339 e. The largest absolute Gasteiger partial charge is 0.497 e. The van der Waals surface area contributed by atoms with Gasteiger partial charge in [0, 0.05) is 29.6 Å². The van der Waals surface area contributed by atoms with E-state index in [4.69, 9.17) is 26.4 Å². The Morgan fingerprint density at radius 2 is 2.06 bits per heavy atom. The number of nitrogens with one attached hydrogen (secondary N) is 2. The molecule has 2 aromatic carbocycles. The van der Waals surface area contributed by atoms with Crippen molar-refractivity contribution >= 4 is 39.9 Å². The fraction of sp³-hybridized carbons (Fsp3) is 0.320. The van der Waals surface area contributed by atoms with Gasteiger partial charge in [-0.1, -0.05) is 12.1 Å². The third kappa shape index (κ3) is 5.37. The van der Waals surface area contributed by atoms with Gasteiger partial charge < -0.3 is 29.4 Å². The molecule has 1 aromatic heterocycles. The molecular weight excluding hydrogens is 454 g/mol. The standard InChI is InChI=1S/C25H27N3O5S/c1-31-18-9-10-21-16(13-18)12-17(23(29)26-21)14-28(15-19-6-5-11-33-19)25(34)27-22-8-4-3-7-20(22)24(30)32-2/h3-4,7-10,12-13,19H,5-6,11,14-15H2,1-2H3,(H,26,29)(H,27,34). The van der Waals surface area contributed by atoms with Gasteiger partial charge in [-0.2, -0.15) is 0 Å². The second-order valence-corrected chi connectivity index (χ2v) is 8.45. The predicted molar refractivity (Wildman–Crippen MR) is 135 cm³/mol. The topological polar surface area (TPSA) is 92.9 Å². The van der Waals surface area contributed by atoms with Crippen LogP contribution in [0.3, 0.4) is 0 Å². The highest BCUT2D eigenvalue weighted by Crippen LogP contribution is 2.22. The lowest BCUT2D eigenvalue weighted by molar-refractivity contribution is 0.0602. The first-order valence-electron chi connectivity index (χ1n) is 11.0. The number of pyridine rings is 1. The van der Waals surface area contributed by atoms with Gasteiger partial charge in [0.1, 0.15) is 5.75 Å². The van der Waals surface area contributed by atoms with E-state index >= 15 is 0 Å². The molecule has 0 bridgehead atoms. The second-order valence-electron chi connectivity index (χ2n) is 8.06. The zero-order chi connectivity index (χ0) is 24.1. The van der Waals surface area contributed by atoms with Crippen LogP contribution in [-0.4, -0.2) is 54.4 Å². The summed E-state index contributed by atoms with van der Waals surface area (Å²) in [5, 5.41) is 4.41. The number of nitrogens with zero attached hydrogens (tertiary/aromatic N) is 1. The summed E-state index contributed by atoms with van der Waals surface area (Å²) < 4.78 is 16.0. The van der Waals surface area contributed by atoms with Gasteiger partial charge in [0.25, 0.3) is 5.56 Å². The van der Waals surface area contributed by atoms with Crippen molar-refractivity contribution in [3.63, 3.8) is 0 Å². The van der Waals surface area contributed by atoms with Gasteiger partial charge in [-0.15, -0.1) is 0 Å². The quantitative estimate of drug-likeness (QED) is 0.390. The molecule has 1 atom stereocenters. The maximum absolute atomic E-state index is 12.9. The van der Waals surface area contributed by atoms with E-state index in [1.54, 1.807) is 31.4 Å². The minimum Gasteiger partial charge on any atom is -0.497 e. The number of para-hydroxylation sites is 1. The Balaban J connectivity index is 1.63. The molecular formula is C25H27N3O5S. The summed E-state index contributed by atoms with van der Waals surface area (Å²) >= 11 is 5.73. The number of thiocarbonyl (C=S) groups is 1. The minimum atomic E-state index is -0.462. The summed E-state index contributed by atoms with van der Waals surface area (Å²) in [4.78, 5) is 29.9. The molecule has 0 amide bonds. The average molecular weight is 482 g/mol. The van der Waals surface area contributed by atoms with Gasteiger partial charge in [0.2, 0.25) is 0 Å². The Bertz CT molecular complexity index is 1250. The number of rotatable bonds is 7. The van der Waals surface area contributed by atoms with E-state index in [9.17, 15) is 9.59 Å². The van der Waals surface area contributed by atoms with Crippen LogP contribution in [0.25, 0.3) is 10.9 Å². The number of hydrogen-bond acceptors (Lipinski definition) is 6. The maximum atomic E-state index is 12.9. The molecule has 2 heterocycles. The highest BCUT2D eigenvalue weighted by atomic mass is 32.1. The zero-order valence-corrected chi connectivity index (χ0v) is 19.9. The third-order valence-corrected chi connectivity index (χ3v) is 6.16. The monoisotopic (exact) mass is 481 g/mol. The number of fused-ring (bicyclic) bond motifs is 1. The van der Waals surface area contributed by atoms with Gasteiger partial charge in [0.15, 0.2) is 5.11 Å². The first-order valence-corrected chi connectivity index (χ1v) is 11.4. The molecule has 9 heteroatoms. The van der Waals surface area contributed by atoms with Crippen LogP contribution in [0.15, 0.2) is 53.3 Å². The molecule has 1 unspecified atom stereocenters. The van der Waals surface area contributed by atoms with Crippen molar-refractivity contribution in [2.75, 3.05) is 32.7 Å². The van der Waals surface area contributed by atoms with Crippen LogP contribution in [0.2, 0.25) is 0 Å². The number of carbonyl (C=O) groups is 1. The van der Waals surface area contributed by atoms with Crippen LogP contribution in [0.4, 0.5) is 5.69 Å². The second kappa shape index (κ2) is 10.7. The van der Waals surface area contributed by atoms with E-state index in [0.29, 0.717) is 40.8 Å². The summed E-state index contributed by atoms with van der Waals surface area (Å²) in [6, 6.07) is 14.3. The lowest BCUT2D eigenvalue weighted by atomic mass is 10.1. The number of anilines is 1. The number of esters is 1. The molecule has 1 fully saturated rings.